The Labute approximate surface area is 141 Å². The van der Waals surface area contributed by atoms with Crippen molar-refractivity contribution >= 4 is 11.5 Å². The summed E-state index contributed by atoms with van der Waals surface area (Å²) in [6.07, 6.45) is 3.91. The average Bonchev–Trinajstić information content (AvgIpc) is 2.63. The predicted molar refractivity (Wildman–Crippen MR) is 91.6 cm³/mol. The molecule has 6 heteroatoms. The van der Waals surface area contributed by atoms with Gasteiger partial charge in [-0.25, -0.2) is 0 Å². The van der Waals surface area contributed by atoms with Crippen molar-refractivity contribution < 1.29 is 15.0 Å². The second-order valence-electron chi connectivity index (χ2n) is 5.88. The van der Waals surface area contributed by atoms with Crippen LogP contribution in [-0.4, -0.2) is 58.6 Å². The summed E-state index contributed by atoms with van der Waals surface area (Å²) in [5, 5.41) is 19.3. The fourth-order valence-electron chi connectivity index (χ4n) is 2.94. The maximum Gasteiger partial charge on any atom is 0.168 e. The predicted octanol–water partition coefficient (Wildman–Crippen LogP) is 1.89. The molecule has 0 unspecified atom stereocenters. The second-order valence-corrected chi connectivity index (χ2v) is 5.88. The van der Waals surface area contributed by atoms with Gasteiger partial charge in [0.15, 0.2) is 17.3 Å². The van der Waals surface area contributed by atoms with Crippen molar-refractivity contribution in [3.05, 3.63) is 48.3 Å². The number of rotatable bonds is 5. The van der Waals surface area contributed by atoms with Crippen LogP contribution in [0.5, 0.6) is 11.5 Å². The number of hydrogen-bond acceptors (Lipinski definition) is 6. The van der Waals surface area contributed by atoms with E-state index in [1.54, 1.807) is 24.5 Å². The Morgan fingerprint density at radius 1 is 1.04 bits per heavy atom. The highest BCUT2D eigenvalue weighted by atomic mass is 16.3. The summed E-state index contributed by atoms with van der Waals surface area (Å²) in [4.78, 5) is 20.8. The molecule has 3 rings (SSSR count). The number of carbonyl (C=O) groups excluding carboxylic acids is 1. The van der Waals surface area contributed by atoms with Crippen molar-refractivity contribution in [3.63, 3.8) is 0 Å². The number of carbonyl (C=O) groups is 1. The van der Waals surface area contributed by atoms with Crippen LogP contribution < -0.4 is 4.90 Å². The summed E-state index contributed by atoms with van der Waals surface area (Å²) in [5.74, 6) is -0.739. The van der Waals surface area contributed by atoms with E-state index in [1.807, 2.05) is 12.1 Å². The SMILES string of the molecule is O=C(CCN1CCN(c2ccncc2)CC1)c1cccc(O)c1O. The van der Waals surface area contributed by atoms with E-state index in [0.717, 1.165) is 26.2 Å². The summed E-state index contributed by atoms with van der Waals surface area (Å²) in [6, 6.07) is 8.48. The highest BCUT2D eigenvalue weighted by Crippen LogP contribution is 2.29. The first-order valence-electron chi connectivity index (χ1n) is 8.06. The molecule has 0 amide bonds. The van der Waals surface area contributed by atoms with Crippen molar-refractivity contribution in [2.75, 3.05) is 37.6 Å². The Hall–Kier alpha value is -2.60. The van der Waals surface area contributed by atoms with Crippen molar-refractivity contribution in [2.24, 2.45) is 0 Å². The van der Waals surface area contributed by atoms with E-state index in [-0.39, 0.29) is 22.8 Å². The number of phenolic OH excluding ortho intramolecular Hbond substituents is 2. The molecule has 1 aromatic heterocycles. The molecule has 126 valence electrons. The van der Waals surface area contributed by atoms with E-state index in [4.69, 9.17) is 0 Å². The van der Waals surface area contributed by atoms with Crippen molar-refractivity contribution in [1.29, 1.82) is 0 Å². The molecule has 0 radical (unpaired) electrons. The van der Waals surface area contributed by atoms with Crippen LogP contribution in [0.15, 0.2) is 42.7 Å². The largest absolute Gasteiger partial charge is 0.504 e. The molecular formula is C18H21N3O3. The van der Waals surface area contributed by atoms with Crippen LogP contribution in [0.1, 0.15) is 16.8 Å². The number of ketones is 1. The molecule has 0 spiro atoms. The Bertz CT molecular complexity index is 698. The summed E-state index contributed by atoms with van der Waals surface area (Å²) >= 11 is 0. The van der Waals surface area contributed by atoms with Crippen LogP contribution >= 0.6 is 0 Å². The van der Waals surface area contributed by atoms with Gasteiger partial charge in [0.2, 0.25) is 0 Å². The molecule has 0 bridgehead atoms. The van der Waals surface area contributed by atoms with Gasteiger partial charge in [-0.1, -0.05) is 6.07 Å². The number of phenols is 2. The van der Waals surface area contributed by atoms with E-state index in [0.29, 0.717) is 13.0 Å². The lowest BCUT2D eigenvalue weighted by Gasteiger charge is -2.35. The van der Waals surface area contributed by atoms with Gasteiger partial charge in [0, 0.05) is 57.2 Å². The maximum atomic E-state index is 12.2. The molecule has 1 aliphatic heterocycles. The topological polar surface area (TPSA) is 76.9 Å². The lowest BCUT2D eigenvalue weighted by molar-refractivity contribution is 0.0959. The lowest BCUT2D eigenvalue weighted by atomic mass is 10.1. The number of aromatic hydroxyl groups is 2. The summed E-state index contributed by atoms with van der Waals surface area (Å²) in [7, 11) is 0. The van der Waals surface area contributed by atoms with Crippen molar-refractivity contribution in [1.82, 2.24) is 9.88 Å². The quantitative estimate of drug-likeness (QED) is 0.645. The van der Waals surface area contributed by atoms with E-state index < -0.39 is 0 Å². The summed E-state index contributed by atoms with van der Waals surface area (Å²) in [5.41, 5.74) is 1.36. The number of pyridine rings is 1. The standard InChI is InChI=1S/C18H21N3O3/c22-16(15-2-1-3-17(23)18(15)24)6-9-20-10-12-21(13-11-20)14-4-7-19-8-5-14/h1-5,7-8,23-24H,6,9-13H2. The van der Waals surface area contributed by atoms with E-state index >= 15 is 0 Å². The molecule has 24 heavy (non-hydrogen) atoms. The second kappa shape index (κ2) is 7.31. The van der Waals surface area contributed by atoms with Gasteiger partial charge in [0.05, 0.1) is 5.56 Å². The third-order valence-electron chi connectivity index (χ3n) is 4.37. The Balaban J connectivity index is 1.50. The molecule has 1 fully saturated rings. The minimum absolute atomic E-state index is 0.153. The zero-order valence-corrected chi connectivity index (χ0v) is 13.4. The minimum atomic E-state index is -0.329. The Kier molecular flexibility index (Phi) is 4.96. The zero-order valence-electron chi connectivity index (χ0n) is 13.4. The molecule has 2 N–H and O–H groups in total. The first-order chi connectivity index (χ1) is 11.6. The molecule has 0 saturated carbocycles. The zero-order chi connectivity index (χ0) is 16.9. The van der Waals surface area contributed by atoms with Gasteiger partial charge in [-0.05, 0) is 24.3 Å². The molecule has 1 aromatic carbocycles. The van der Waals surface area contributed by atoms with Crippen LogP contribution in [-0.2, 0) is 0 Å². The fraction of sp³-hybridized carbons (Fsp3) is 0.333. The van der Waals surface area contributed by atoms with Gasteiger partial charge in [0.25, 0.3) is 0 Å². The average molecular weight is 327 g/mol. The molecule has 1 aliphatic rings. The smallest absolute Gasteiger partial charge is 0.168 e. The van der Waals surface area contributed by atoms with Crippen LogP contribution in [0.25, 0.3) is 0 Å². The van der Waals surface area contributed by atoms with E-state index in [9.17, 15) is 15.0 Å². The Morgan fingerprint density at radius 3 is 2.46 bits per heavy atom. The molecule has 2 heterocycles. The number of anilines is 1. The molecule has 0 aliphatic carbocycles. The van der Waals surface area contributed by atoms with Gasteiger partial charge in [-0.3, -0.25) is 14.7 Å². The first-order valence-corrected chi connectivity index (χ1v) is 8.06. The number of piperazine rings is 1. The lowest BCUT2D eigenvalue weighted by Crippen LogP contribution is -2.46. The van der Waals surface area contributed by atoms with Gasteiger partial charge in [-0.2, -0.15) is 0 Å². The number of para-hydroxylation sites is 1. The molecular weight excluding hydrogens is 306 g/mol. The highest BCUT2D eigenvalue weighted by Gasteiger charge is 2.19. The molecule has 6 nitrogen and oxygen atoms in total. The number of aromatic nitrogens is 1. The van der Waals surface area contributed by atoms with Crippen LogP contribution in [0.2, 0.25) is 0 Å². The summed E-state index contributed by atoms with van der Waals surface area (Å²) < 4.78 is 0. The molecule has 0 atom stereocenters. The number of nitrogens with zero attached hydrogens (tertiary/aromatic N) is 3. The molecule has 2 aromatic rings. The van der Waals surface area contributed by atoms with Crippen LogP contribution in [0.3, 0.4) is 0 Å². The minimum Gasteiger partial charge on any atom is -0.504 e. The van der Waals surface area contributed by atoms with Crippen LogP contribution in [0, 0.1) is 0 Å². The third kappa shape index (κ3) is 3.65. The van der Waals surface area contributed by atoms with Crippen molar-refractivity contribution in [3.8, 4) is 11.5 Å². The third-order valence-corrected chi connectivity index (χ3v) is 4.37. The van der Waals surface area contributed by atoms with Crippen molar-refractivity contribution in [2.45, 2.75) is 6.42 Å². The van der Waals surface area contributed by atoms with Gasteiger partial charge < -0.3 is 15.1 Å². The van der Waals surface area contributed by atoms with Gasteiger partial charge in [0.1, 0.15) is 0 Å². The number of hydrogen-bond donors (Lipinski definition) is 2. The van der Waals surface area contributed by atoms with Gasteiger partial charge >= 0.3 is 0 Å². The normalized spacial score (nSPS) is 15.4. The van der Waals surface area contributed by atoms with E-state index in [1.165, 1.54) is 11.8 Å². The summed E-state index contributed by atoms with van der Waals surface area (Å²) in [6.45, 7) is 4.26. The van der Waals surface area contributed by atoms with Crippen LogP contribution in [0.4, 0.5) is 5.69 Å². The number of benzene rings is 1. The van der Waals surface area contributed by atoms with Gasteiger partial charge in [-0.15, -0.1) is 0 Å². The van der Waals surface area contributed by atoms with E-state index in [2.05, 4.69) is 14.8 Å². The monoisotopic (exact) mass is 327 g/mol. The number of Topliss-reactive ketones (excluding diaryl/α,β-unsaturated/α-hetero) is 1. The Morgan fingerprint density at radius 2 is 1.75 bits per heavy atom. The maximum absolute atomic E-state index is 12.2. The first kappa shape index (κ1) is 16.3. The highest BCUT2D eigenvalue weighted by molar-refractivity contribution is 5.99. The fourth-order valence-corrected chi connectivity index (χ4v) is 2.94. The molecule has 1 saturated heterocycles.